The van der Waals surface area contributed by atoms with E-state index in [1.165, 1.54) is 16.7 Å². The first kappa shape index (κ1) is 24.9. The molecule has 0 aliphatic rings. The van der Waals surface area contributed by atoms with E-state index in [2.05, 4.69) is 72.7 Å². The first-order valence-electron chi connectivity index (χ1n) is 10.7. The molecule has 0 aliphatic carbocycles. The summed E-state index contributed by atoms with van der Waals surface area (Å²) in [6.07, 6.45) is 0.419. The van der Waals surface area contributed by atoms with E-state index < -0.39 is 0 Å². The van der Waals surface area contributed by atoms with Crippen LogP contribution in [0.5, 0.6) is 17.2 Å². The van der Waals surface area contributed by atoms with Gasteiger partial charge < -0.3 is 14.2 Å². The Hall–Kier alpha value is -2.16. The molecule has 0 saturated carbocycles. The largest absolute Gasteiger partial charge is 0.493 e. The molecule has 0 unspecified atom stereocenters. The molecule has 3 nitrogen and oxygen atoms in total. The molecule has 2 aromatic rings. The van der Waals surface area contributed by atoms with Gasteiger partial charge >= 0.3 is 0 Å². The Labute approximate surface area is 178 Å². The molecule has 162 valence electrons. The second-order valence-electron chi connectivity index (χ2n) is 8.58. The lowest BCUT2D eigenvalue weighted by atomic mass is 10.0. The number of aryl methyl sites for hydroxylation is 1. The van der Waals surface area contributed by atoms with Crippen LogP contribution < -0.4 is 14.2 Å². The molecular formula is C26H40O3. The van der Waals surface area contributed by atoms with Crippen LogP contribution >= 0.6 is 0 Å². The summed E-state index contributed by atoms with van der Waals surface area (Å²) in [5.74, 6) is 3.73. The van der Waals surface area contributed by atoms with Crippen molar-refractivity contribution in [3.63, 3.8) is 0 Å². The van der Waals surface area contributed by atoms with E-state index in [9.17, 15) is 0 Å². The number of hydrogen-bond donors (Lipinski definition) is 0. The molecule has 2 aromatic carbocycles. The summed E-state index contributed by atoms with van der Waals surface area (Å²) in [6.45, 7) is 19.0. The Morgan fingerprint density at radius 1 is 0.586 bits per heavy atom. The standard InChI is InChI=1S/C13H20O2.C13H20O/c1-9(2)11-6-7-12(15-10(3)4)13(8-11)14-5;1-9(2)12-6-7-13(11(5)8-12)14-10(3)4/h6-10H,1-5H3;6-10H,1-5H3. The van der Waals surface area contributed by atoms with Crippen LogP contribution in [0.1, 0.15) is 83.9 Å². The van der Waals surface area contributed by atoms with Crippen molar-refractivity contribution < 1.29 is 14.2 Å². The van der Waals surface area contributed by atoms with Gasteiger partial charge in [-0.3, -0.25) is 0 Å². The third kappa shape index (κ3) is 8.39. The van der Waals surface area contributed by atoms with Crippen molar-refractivity contribution in [3.8, 4) is 17.2 Å². The first-order valence-corrected chi connectivity index (χ1v) is 10.7. The van der Waals surface area contributed by atoms with Crippen LogP contribution in [-0.2, 0) is 0 Å². The molecule has 0 aliphatic heterocycles. The molecule has 0 atom stereocenters. The minimum Gasteiger partial charge on any atom is -0.493 e. The second-order valence-corrected chi connectivity index (χ2v) is 8.58. The summed E-state index contributed by atoms with van der Waals surface area (Å²) in [4.78, 5) is 0. The van der Waals surface area contributed by atoms with Crippen LogP contribution in [0, 0.1) is 6.92 Å². The van der Waals surface area contributed by atoms with E-state index in [0.29, 0.717) is 11.8 Å². The summed E-state index contributed by atoms with van der Waals surface area (Å²) in [5.41, 5.74) is 3.87. The fourth-order valence-electron chi connectivity index (χ4n) is 2.81. The topological polar surface area (TPSA) is 27.7 Å². The van der Waals surface area contributed by atoms with Crippen LogP contribution in [0.3, 0.4) is 0 Å². The highest BCUT2D eigenvalue weighted by Gasteiger charge is 2.09. The predicted molar refractivity (Wildman–Crippen MR) is 124 cm³/mol. The zero-order chi connectivity index (χ0) is 22.1. The van der Waals surface area contributed by atoms with Gasteiger partial charge in [-0.15, -0.1) is 0 Å². The molecule has 0 spiro atoms. The minimum atomic E-state index is 0.170. The molecule has 0 heterocycles. The van der Waals surface area contributed by atoms with Gasteiger partial charge in [-0.1, -0.05) is 45.9 Å². The van der Waals surface area contributed by atoms with Crippen LogP contribution in [0.25, 0.3) is 0 Å². The average molecular weight is 401 g/mol. The third-order valence-electron chi connectivity index (χ3n) is 4.45. The molecule has 0 radical (unpaired) electrons. The molecule has 2 rings (SSSR count). The van der Waals surface area contributed by atoms with Gasteiger partial charge in [0.2, 0.25) is 0 Å². The number of benzene rings is 2. The fraction of sp³-hybridized carbons (Fsp3) is 0.538. The van der Waals surface area contributed by atoms with E-state index in [1.54, 1.807) is 7.11 Å². The van der Waals surface area contributed by atoms with Gasteiger partial charge in [0.15, 0.2) is 11.5 Å². The zero-order valence-electron chi connectivity index (χ0n) is 20.0. The lowest BCUT2D eigenvalue weighted by Gasteiger charge is -2.15. The molecule has 3 heteroatoms. The highest BCUT2D eigenvalue weighted by atomic mass is 16.5. The van der Waals surface area contributed by atoms with E-state index in [1.807, 2.05) is 26.0 Å². The van der Waals surface area contributed by atoms with Gasteiger partial charge in [0.1, 0.15) is 5.75 Å². The maximum atomic E-state index is 5.68. The molecular weight excluding hydrogens is 360 g/mol. The van der Waals surface area contributed by atoms with Crippen molar-refractivity contribution in [1.29, 1.82) is 0 Å². The monoisotopic (exact) mass is 400 g/mol. The van der Waals surface area contributed by atoms with Crippen LogP contribution in [0.15, 0.2) is 36.4 Å². The summed E-state index contributed by atoms with van der Waals surface area (Å²) < 4.78 is 16.6. The van der Waals surface area contributed by atoms with Gasteiger partial charge in [0.05, 0.1) is 19.3 Å². The Bertz CT molecular complexity index is 746. The summed E-state index contributed by atoms with van der Waals surface area (Å²) >= 11 is 0. The van der Waals surface area contributed by atoms with Crippen molar-refractivity contribution in [2.24, 2.45) is 0 Å². The molecule has 29 heavy (non-hydrogen) atoms. The van der Waals surface area contributed by atoms with Crippen molar-refractivity contribution >= 4 is 0 Å². The Kier molecular flexibility index (Phi) is 10.1. The molecule has 0 N–H and O–H groups in total. The quantitative estimate of drug-likeness (QED) is 0.481. The normalized spacial score (nSPS) is 11.0. The van der Waals surface area contributed by atoms with Crippen molar-refractivity contribution in [2.45, 2.75) is 86.4 Å². The maximum absolute atomic E-state index is 5.68. The van der Waals surface area contributed by atoms with E-state index in [0.717, 1.165) is 17.2 Å². The lowest BCUT2D eigenvalue weighted by molar-refractivity contribution is 0.230. The van der Waals surface area contributed by atoms with E-state index in [4.69, 9.17) is 14.2 Å². The minimum absolute atomic E-state index is 0.170. The average Bonchev–Trinajstić information content (AvgIpc) is 2.63. The molecule has 0 amide bonds. The van der Waals surface area contributed by atoms with Gasteiger partial charge in [0, 0.05) is 0 Å². The highest BCUT2D eigenvalue weighted by molar-refractivity contribution is 5.44. The van der Waals surface area contributed by atoms with Crippen molar-refractivity contribution in [3.05, 3.63) is 53.1 Å². The number of ether oxygens (including phenoxy) is 3. The number of hydrogen-bond acceptors (Lipinski definition) is 3. The molecule has 0 saturated heterocycles. The second kappa shape index (κ2) is 11.7. The molecule has 0 bridgehead atoms. The predicted octanol–water partition coefficient (Wildman–Crippen LogP) is 7.51. The summed E-state index contributed by atoms with van der Waals surface area (Å²) in [7, 11) is 1.67. The van der Waals surface area contributed by atoms with Crippen molar-refractivity contribution in [1.82, 2.24) is 0 Å². The summed E-state index contributed by atoms with van der Waals surface area (Å²) in [6, 6.07) is 12.5. The Balaban J connectivity index is 0.000000291. The highest BCUT2D eigenvalue weighted by Crippen LogP contribution is 2.31. The van der Waals surface area contributed by atoms with Gasteiger partial charge in [-0.2, -0.15) is 0 Å². The molecule has 0 fully saturated rings. The summed E-state index contributed by atoms with van der Waals surface area (Å²) in [5, 5.41) is 0. The van der Waals surface area contributed by atoms with Gasteiger partial charge in [-0.25, -0.2) is 0 Å². The Morgan fingerprint density at radius 3 is 1.45 bits per heavy atom. The fourth-order valence-corrected chi connectivity index (χ4v) is 2.81. The van der Waals surface area contributed by atoms with E-state index >= 15 is 0 Å². The van der Waals surface area contributed by atoms with Crippen LogP contribution in [-0.4, -0.2) is 19.3 Å². The zero-order valence-corrected chi connectivity index (χ0v) is 20.0. The van der Waals surface area contributed by atoms with Crippen molar-refractivity contribution in [2.75, 3.05) is 7.11 Å². The number of rotatable bonds is 7. The Morgan fingerprint density at radius 2 is 1.03 bits per heavy atom. The maximum Gasteiger partial charge on any atom is 0.161 e. The SMILES string of the molecule is COc1cc(C(C)C)ccc1OC(C)C.Cc1cc(C(C)C)ccc1OC(C)C. The van der Waals surface area contributed by atoms with E-state index in [-0.39, 0.29) is 12.2 Å². The first-order chi connectivity index (χ1) is 13.5. The van der Waals surface area contributed by atoms with Crippen LogP contribution in [0.2, 0.25) is 0 Å². The van der Waals surface area contributed by atoms with Gasteiger partial charge in [-0.05, 0) is 81.3 Å². The van der Waals surface area contributed by atoms with Gasteiger partial charge in [0.25, 0.3) is 0 Å². The molecule has 0 aromatic heterocycles. The third-order valence-corrected chi connectivity index (χ3v) is 4.45. The van der Waals surface area contributed by atoms with Crippen LogP contribution in [0.4, 0.5) is 0 Å². The number of methoxy groups -OCH3 is 1. The smallest absolute Gasteiger partial charge is 0.161 e. The lowest BCUT2D eigenvalue weighted by Crippen LogP contribution is -2.07.